The van der Waals surface area contributed by atoms with Crippen LogP contribution in [-0.4, -0.2) is 13.2 Å². The van der Waals surface area contributed by atoms with Gasteiger partial charge in [0, 0.05) is 11.6 Å². The van der Waals surface area contributed by atoms with Gasteiger partial charge in [-0.1, -0.05) is 19.1 Å². The lowest BCUT2D eigenvalue weighted by Crippen LogP contribution is -2.19. The van der Waals surface area contributed by atoms with Crippen LogP contribution < -0.4 is 15.2 Å². The molecule has 4 heteroatoms. The lowest BCUT2D eigenvalue weighted by Gasteiger charge is -2.22. The van der Waals surface area contributed by atoms with E-state index in [4.69, 9.17) is 15.2 Å². The van der Waals surface area contributed by atoms with Crippen molar-refractivity contribution in [2.75, 3.05) is 13.2 Å². The van der Waals surface area contributed by atoms with E-state index in [9.17, 15) is 0 Å². The molecule has 1 aromatic rings. The van der Waals surface area contributed by atoms with Crippen molar-refractivity contribution in [3.63, 3.8) is 0 Å². The van der Waals surface area contributed by atoms with Gasteiger partial charge in [0.15, 0.2) is 11.5 Å². The number of nitrogens with two attached hydrogens (primary N) is 1. The van der Waals surface area contributed by atoms with Crippen LogP contribution in [0.4, 0.5) is 0 Å². The summed E-state index contributed by atoms with van der Waals surface area (Å²) in [4.78, 5) is 0. The Labute approximate surface area is 96.0 Å². The van der Waals surface area contributed by atoms with Gasteiger partial charge in [-0.2, -0.15) is 0 Å². The third-order valence-electron chi connectivity index (χ3n) is 2.44. The molecule has 2 N–H and O–H groups in total. The predicted octanol–water partition coefficient (Wildman–Crippen LogP) is 2.29. The first kappa shape index (κ1) is 12.1. The molecule has 0 aromatic heterocycles. The zero-order valence-electron chi connectivity index (χ0n) is 8.73. The maximum Gasteiger partial charge on any atom is 0.166 e. The van der Waals surface area contributed by atoms with Crippen LogP contribution in [0.15, 0.2) is 18.2 Å². The van der Waals surface area contributed by atoms with Crippen LogP contribution in [-0.2, 0) is 0 Å². The van der Waals surface area contributed by atoms with Crippen molar-refractivity contribution in [1.29, 1.82) is 0 Å². The standard InChI is InChI=1S/C11H15NO2.ClH/c1-2-9(12)8-4-3-5-10-11(8)14-7-6-13-10;/h3-5,9H,2,6-7,12H2,1H3;1H/t9-;/m1./s1. The van der Waals surface area contributed by atoms with E-state index in [1.54, 1.807) is 0 Å². The normalized spacial score (nSPS) is 15.3. The first-order valence-corrected chi connectivity index (χ1v) is 4.97. The molecule has 1 aromatic carbocycles. The molecule has 1 aliphatic rings. The van der Waals surface area contributed by atoms with E-state index in [-0.39, 0.29) is 18.4 Å². The minimum Gasteiger partial charge on any atom is -0.486 e. The van der Waals surface area contributed by atoms with Gasteiger partial charge in [0.2, 0.25) is 0 Å². The number of halogens is 1. The Balaban J connectivity index is 0.00000112. The first-order valence-electron chi connectivity index (χ1n) is 4.97. The molecule has 2 rings (SSSR count). The number of ether oxygens (including phenoxy) is 2. The second-order valence-corrected chi connectivity index (χ2v) is 3.39. The van der Waals surface area contributed by atoms with Crippen LogP contribution in [0.25, 0.3) is 0 Å². The Bertz CT molecular complexity index is 330. The third kappa shape index (κ3) is 2.36. The van der Waals surface area contributed by atoms with Crippen LogP contribution in [0.2, 0.25) is 0 Å². The average Bonchev–Trinajstić information content (AvgIpc) is 2.27. The van der Waals surface area contributed by atoms with E-state index >= 15 is 0 Å². The smallest absolute Gasteiger partial charge is 0.166 e. The van der Waals surface area contributed by atoms with Crippen molar-refractivity contribution in [3.05, 3.63) is 23.8 Å². The highest BCUT2D eigenvalue weighted by molar-refractivity contribution is 5.85. The quantitative estimate of drug-likeness (QED) is 0.846. The summed E-state index contributed by atoms with van der Waals surface area (Å²) in [6.07, 6.45) is 0.903. The Morgan fingerprint density at radius 3 is 2.80 bits per heavy atom. The highest BCUT2D eigenvalue weighted by atomic mass is 35.5. The molecular formula is C11H16ClNO2. The topological polar surface area (TPSA) is 44.5 Å². The Morgan fingerprint density at radius 1 is 1.33 bits per heavy atom. The van der Waals surface area contributed by atoms with Gasteiger partial charge in [0.25, 0.3) is 0 Å². The molecule has 0 fully saturated rings. The van der Waals surface area contributed by atoms with Gasteiger partial charge < -0.3 is 15.2 Å². The van der Waals surface area contributed by atoms with Crippen molar-refractivity contribution < 1.29 is 9.47 Å². The SMILES string of the molecule is CC[C@@H](N)c1cccc2c1OCCO2.Cl. The monoisotopic (exact) mass is 229 g/mol. The van der Waals surface area contributed by atoms with E-state index in [0.717, 1.165) is 23.5 Å². The van der Waals surface area contributed by atoms with Crippen LogP contribution in [0.5, 0.6) is 11.5 Å². The summed E-state index contributed by atoms with van der Waals surface area (Å²) >= 11 is 0. The minimum atomic E-state index is 0. The van der Waals surface area contributed by atoms with Gasteiger partial charge in [0.05, 0.1) is 0 Å². The molecule has 84 valence electrons. The van der Waals surface area contributed by atoms with Crippen LogP contribution in [0.3, 0.4) is 0 Å². The van der Waals surface area contributed by atoms with E-state index in [1.807, 2.05) is 18.2 Å². The average molecular weight is 230 g/mol. The van der Waals surface area contributed by atoms with Gasteiger partial charge in [-0.3, -0.25) is 0 Å². The number of para-hydroxylation sites is 1. The molecule has 0 unspecified atom stereocenters. The van der Waals surface area contributed by atoms with Crippen molar-refractivity contribution in [3.8, 4) is 11.5 Å². The van der Waals surface area contributed by atoms with E-state index in [0.29, 0.717) is 13.2 Å². The first-order chi connectivity index (χ1) is 6.83. The summed E-state index contributed by atoms with van der Waals surface area (Å²) in [5.41, 5.74) is 7.03. The summed E-state index contributed by atoms with van der Waals surface area (Å²) in [6.45, 7) is 3.30. The van der Waals surface area contributed by atoms with E-state index in [1.165, 1.54) is 0 Å². The van der Waals surface area contributed by atoms with Gasteiger partial charge in [0.1, 0.15) is 13.2 Å². The van der Waals surface area contributed by atoms with Crippen LogP contribution in [0, 0.1) is 0 Å². The highest BCUT2D eigenvalue weighted by Crippen LogP contribution is 2.36. The highest BCUT2D eigenvalue weighted by Gasteiger charge is 2.18. The van der Waals surface area contributed by atoms with Gasteiger partial charge in [-0.15, -0.1) is 12.4 Å². The summed E-state index contributed by atoms with van der Waals surface area (Å²) < 4.78 is 11.1. The van der Waals surface area contributed by atoms with Crippen molar-refractivity contribution in [1.82, 2.24) is 0 Å². The molecule has 0 aliphatic carbocycles. The lowest BCUT2D eigenvalue weighted by molar-refractivity contribution is 0.169. The van der Waals surface area contributed by atoms with Crippen molar-refractivity contribution in [2.45, 2.75) is 19.4 Å². The number of rotatable bonds is 2. The van der Waals surface area contributed by atoms with Crippen molar-refractivity contribution in [2.24, 2.45) is 5.73 Å². The number of benzene rings is 1. The number of hydrogen-bond donors (Lipinski definition) is 1. The second kappa shape index (κ2) is 5.24. The summed E-state index contributed by atoms with van der Waals surface area (Å²) in [5, 5.41) is 0. The zero-order chi connectivity index (χ0) is 9.97. The molecule has 0 saturated carbocycles. The number of hydrogen-bond acceptors (Lipinski definition) is 3. The Hall–Kier alpha value is -0.930. The van der Waals surface area contributed by atoms with Crippen LogP contribution in [0.1, 0.15) is 24.9 Å². The minimum absolute atomic E-state index is 0. The molecule has 3 nitrogen and oxygen atoms in total. The zero-order valence-corrected chi connectivity index (χ0v) is 9.55. The second-order valence-electron chi connectivity index (χ2n) is 3.39. The third-order valence-corrected chi connectivity index (χ3v) is 2.44. The number of fused-ring (bicyclic) bond motifs is 1. The fourth-order valence-electron chi connectivity index (χ4n) is 1.61. The van der Waals surface area contributed by atoms with E-state index < -0.39 is 0 Å². The molecule has 1 aliphatic heterocycles. The summed E-state index contributed by atoms with van der Waals surface area (Å²) in [5.74, 6) is 1.64. The van der Waals surface area contributed by atoms with Crippen molar-refractivity contribution >= 4 is 12.4 Å². The summed E-state index contributed by atoms with van der Waals surface area (Å²) in [6, 6.07) is 5.91. The predicted molar refractivity (Wildman–Crippen MR) is 61.9 cm³/mol. The maximum atomic E-state index is 5.98. The molecule has 1 heterocycles. The molecule has 0 radical (unpaired) electrons. The molecular weight excluding hydrogens is 214 g/mol. The van der Waals surface area contributed by atoms with Gasteiger partial charge >= 0.3 is 0 Å². The Kier molecular flexibility index (Phi) is 4.24. The molecule has 0 spiro atoms. The molecule has 15 heavy (non-hydrogen) atoms. The molecule has 0 saturated heterocycles. The lowest BCUT2D eigenvalue weighted by atomic mass is 10.0. The maximum absolute atomic E-state index is 5.98. The Morgan fingerprint density at radius 2 is 2.07 bits per heavy atom. The molecule has 1 atom stereocenters. The summed E-state index contributed by atoms with van der Waals surface area (Å²) in [7, 11) is 0. The fraction of sp³-hybridized carbons (Fsp3) is 0.455. The van der Waals surface area contributed by atoms with E-state index in [2.05, 4.69) is 6.92 Å². The van der Waals surface area contributed by atoms with Gasteiger partial charge in [-0.25, -0.2) is 0 Å². The van der Waals surface area contributed by atoms with Crippen LogP contribution >= 0.6 is 12.4 Å². The fourth-order valence-corrected chi connectivity index (χ4v) is 1.61. The largest absolute Gasteiger partial charge is 0.486 e. The molecule has 0 amide bonds. The van der Waals surface area contributed by atoms with Gasteiger partial charge in [-0.05, 0) is 12.5 Å². The molecule has 0 bridgehead atoms.